The van der Waals surface area contributed by atoms with Crippen LogP contribution >= 0.6 is 0 Å². The van der Waals surface area contributed by atoms with Gasteiger partial charge in [-0.05, 0) is 42.9 Å². The number of hydrogen-bond acceptors (Lipinski definition) is 2. The van der Waals surface area contributed by atoms with Crippen LogP contribution in [-0.2, 0) is 11.2 Å². The Balaban J connectivity index is 1.80. The van der Waals surface area contributed by atoms with Gasteiger partial charge in [0.15, 0.2) is 0 Å². The van der Waals surface area contributed by atoms with Crippen molar-refractivity contribution < 1.29 is 14.7 Å². The lowest BCUT2D eigenvalue weighted by atomic mass is 9.83. The van der Waals surface area contributed by atoms with Crippen LogP contribution in [0, 0.1) is 5.92 Å². The number of carboxylic acid groups (broad SMARTS) is 1. The van der Waals surface area contributed by atoms with E-state index in [1.807, 2.05) is 0 Å². The van der Waals surface area contributed by atoms with Gasteiger partial charge < -0.3 is 10.4 Å². The number of rotatable bonds is 6. The molecule has 2 unspecified atom stereocenters. The lowest BCUT2D eigenvalue weighted by Gasteiger charge is -2.31. The molecule has 4 nitrogen and oxygen atoms in total. The summed E-state index contributed by atoms with van der Waals surface area (Å²) >= 11 is 0. The van der Waals surface area contributed by atoms with E-state index in [1.54, 1.807) is 24.3 Å². The van der Waals surface area contributed by atoms with Gasteiger partial charge in [-0.2, -0.15) is 0 Å². The Hall–Kier alpha value is -1.84. The SMILES string of the molecule is CCC1CCCCC1NC(=O)CCc1ccc(C(=O)O)cc1. The van der Waals surface area contributed by atoms with Crippen molar-refractivity contribution in [2.24, 2.45) is 5.92 Å². The minimum absolute atomic E-state index is 0.104. The van der Waals surface area contributed by atoms with E-state index in [1.165, 1.54) is 19.3 Å². The zero-order chi connectivity index (χ0) is 15.9. The van der Waals surface area contributed by atoms with E-state index in [-0.39, 0.29) is 11.5 Å². The third kappa shape index (κ3) is 4.58. The van der Waals surface area contributed by atoms with Crippen LogP contribution in [0.25, 0.3) is 0 Å². The molecule has 2 rings (SSSR count). The molecule has 0 aromatic heterocycles. The predicted octanol–water partition coefficient (Wildman–Crippen LogP) is 3.40. The van der Waals surface area contributed by atoms with Gasteiger partial charge in [0.2, 0.25) is 5.91 Å². The van der Waals surface area contributed by atoms with Crippen LogP contribution in [0.2, 0.25) is 0 Å². The molecule has 0 bridgehead atoms. The Morgan fingerprint density at radius 3 is 2.50 bits per heavy atom. The van der Waals surface area contributed by atoms with Crippen LogP contribution in [0.4, 0.5) is 0 Å². The standard InChI is InChI=1S/C18H25NO3/c1-2-14-5-3-4-6-16(14)19-17(20)12-9-13-7-10-15(11-8-13)18(21)22/h7-8,10-11,14,16H,2-6,9,12H2,1H3,(H,19,20)(H,21,22). The highest BCUT2D eigenvalue weighted by molar-refractivity contribution is 5.87. The highest BCUT2D eigenvalue weighted by Crippen LogP contribution is 2.26. The molecule has 120 valence electrons. The zero-order valence-electron chi connectivity index (χ0n) is 13.2. The second-order valence-electron chi connectivity index (χ2n) is 6.13. The van der Waals surface area contributed by atoms with Crippen molar-refractivity contribution in [2.75, 3.05) is 0 Å². The number of aryl methyl sites for hydroxylation is 1. The van der Waals surface area contributed by atoms with E-state index < -0.39 is 5.97 Å². The molecular weight excluding hydrogens is 278 g/mol. The smallest absolute Gasteiger partial charge is 0.335 e. The third-order valence-corrected chi connectivity index (χ3v) is 4.62. The molecule has 0 saturated heterocycles. The molecule has 1 aliphatic rings. The second-order valence-corrected chi connectivity index (χ2v) is 6.13. The van der Waals surface area contributed by atoms with Crippen LogP contribution in [-0.4, -0.2) is 23.0 Å². The topological polar surface area (TPSA) is 66.4 Å². The third-order valence-electron chi connectivity index (χ3n) is 4.62. The summed E-state index contributed by atoms with van der Waals surface area (Å²) < 4.78 is 0. The fourth-order valence-corrected chi connectivity index (χ4v) is 3.24. The molecule has 1 amide bonds. The molecule has 0 heterocycles. The molecule has 2 N–H and O–H groups in total. The van der Waals surface area contributed by atoms with Crippen LogP contribution in [0.15, 0.2) is 24.3 Å². The predicted molar refractivity (Wildman–Crippen MR) is 85.9 cm³/mol. The van der Waals surface area contributed by atoms with E-state index in [4.69, 9.17) is 5.11 Å². The summed E-state index contributed by atoms with van der Waals surface area (Å²) in [7, 11) is 0. The average molecular weight is 303 g/mol. The van der Waals surface area contributed by atoms with Gasteiger partial charge in [0.1, 0.15) is 0 Å². The minimum atomic E-state index is -0.924. The summed E-state index contributed by atoms with van der Waals surface area (Å²) in [6, 6.07) is 7.08. The van der Waals surface area contributed by atoms with Crippen LogP contribution in [0.1, 0.15) is 61.4 Å². The number of carbonyl (C=O) groups excluding carboxylic acids is 1. The van der Waals surface area contributed by atoms with Gasteiger partial charge in [0, 0.05) is 12.5 Å². The Bertz CT molecular complexity index is 510. The first-order chi connectivity index (χ1) is 10.6. The lowest BCUT2D eigenvalue weighted by molar-refractivity contribution is -0.122. The number of hydrogen-bond donors (Lipinski definition) is 2. The lowest BCUT2D eigenvalue weighted by Crippen LogP contribution is -2.41. The summed E-state index contributed by atoms with van der Waals surface area (Å²) in [5.41, 5.74) is 1.28. The average Bonchev–Trinajstić information content (AvgIpc) is 2.54. The van der Waals surface area contributed by atoms with Gasteiger partial charge >= 0.3 is 5.97 Å². The molecule has 22 heavy (non-hydrogen) atoms. The van der Waals surface area contributed by atoms with Crippen molar-refractivity contribution in [3.63, 3.8) is 0 Å². The molecule has 0 aliphatic heterocycles. The molecule has 1 aromatic rings. The molecule has 1 fully saturated rings. The number of nitrogens with one attached hydrogen (secondary N) is 1. The fraction of sp³-hybridized carbons (Fsp3) is 0.556. The monoisotopic (exact) mass is 303 g/mol. The van der Waals surface area contributed by atoms with Gasteiger partial charge in [-0.25, -0.2) is 4.79 Å². The number of aromatic carboxylic acids is 1. The maximum absolute atomic E-state index is 12.1. The van der Waals surface area contributed by atoms with E-state index in [0.29, 0.717) is 24.8 Å². The summed E-state index contributed by atoms with van der Waals surface area (Å²) in [6.07, 6.45) is 7.03. The van der Waals surface area contributed by atoms with Gasteiger partial charge in [0.25, 0.3) is 0 Å². The van der Waals surface area contributed by atoms with Crippen molar-refractivity contribution in [1.82, 2.24) is 5.32 Å². The number of amides is 1. The molecule has 0 spiro atoms. The largest absolute Gasteiger partial charge is 0.478 e. The first-order valence-corrected chi connectivity index (χ1v) is 8.21. The van der Waals surface area contributed by atoms with E-state index in [0.717, 1.165) is 18.4 Å². The zero-order valence-corrected chi connectivity index (χ0v) is 13.2. The Kier molecular flexibility index (Phi) is 5.99. The molecule has 4 heteroatoms. The van der Waals surface area contributed by atoms with Crippen molar-refractivity contribution in [3.8, 4) is 0 Å². The molecular formula is C18H25NO3. The number of carboxylic acids is 1. The van der Waals surface area contributed by atoms with Gasteiger partial charge in [0.05, 0.1) is 5.56 Å². The second kappa shape index (κ2) is 7.97. The normalized spacial score (nSPS) is 21.3. The molecule has 2 atom stereocenters. The fourth-order valence-electron chi connectivity index (χ4n) is 3.24. The van der Waals surface area contributed by atoms with E-state index >= 15 is 0 Å². The Labute approximate surface area is 131 Å². The summed E-state index contributed by atoms with van der Waals surface area (Å²) in [6.45, 7) is 2.19. The summed E-state index contributed by atoms with van der Waals surface area (Å²) in [4.78, 5) is 22.9. The molecule has 1 aromatic carbocycles. The highest BCUT2D eigenvalue weighted by atomic mass is 16.4. The number of benzene rings is 1. The van der Waals surface area contributed by atoms with Crippen molar-refractivity contribution in [1.29, 1.82) is 0 Å². The van der Waals surface area contributed by atoms with Crippen molar-refractivity contribution >= 4 is 11.9 Å². The summed E-state index contributed by atoms with van der Waals surface area (Å²) in [5.74, 6) is -0.201. The van der Waals surface area contributed by atoms with Gasteiger partial charge in [-0.15, -0.1) is 0 Å². The van der Waals surface area contributed by atoms with Crippen LogP contribution in [0.3, 0.4) is 0 Å². The molecule has 1 aliphatic carbocycles. The molecule has 0 radical (unpaired) electrons. The summed E-state index contributed by atoms with van der Waals surface area (Å²) in [5, 5.41) is 12.0. The maximum atomic E-state index is 12.1. The van der Waals surface area contributed by atoms with Gasteiger partial charge in [-0.1, -0.05) is 38.3 Å². The molecule has 1 saturated carbocycles. The van der Waals surface area contributed by atoms with Crippen LogP contribution in [0.5, 0.6) is 0 Å². The maximum Gasteiger partial charge on any atom is 0.335 e. The first kappa shape index (κ1) is 16.5. The Morgan fingerprint density at radius 1 is 1.18 bits per heavy atom. The number of carbonyl (C=O) groups is 2. The first-order valence-electron chi connectivity index (χ1n) is 8.21. The van der Waals surface area contributed by atoms with Crippen molar-refractivity contribution in [2.45, 2.75) is 57.9 Å². The van der Waals surface area contributed by atoms with E-state index in [2.05, 4.69) is 12.2 Å². The highest BCUT2D eigenvalue weighted by Gasteiger charge is 2.24. The van der Waals surface area contributed by atoms with E-state index in [9.17, 15) is 9.59 Å². The quantitative estimate of drug-likeness (QED) is 0.846. The minimum Gasteiger partial charge on any atom is -0.478 e. The van der Waals surface area contributed by atoms with Crippen LogP contribution < -0.4 is 5.32 Å². The van der Waals surface area contributed by atoms with Crippen molar-refractivity contribution in [3.05, 3.63) is 35.4 Å². The van der Waals surface area contributed by atoms with Gasteiger partial charge in [-0.3, -0.25) is 4.79 Å². The Morgan fingerprint density at radius 2 is 1.86 bits per heavy atom.